The van der Waals surface area contributed by atoms with E-state index >= 15 is 0 Å². The summed E-state index contributed by atoms with van der Waals surface area (Å²) in [5.41, 5.74) is 10.5. The number of nitrogens with zero attached hydrogens (tertiary/aromatic N) is 1. The highest BCUT2D eigenvalue weighted by Crippen LogP contribution is 2.06. The zero-order chi connectivity index (χ0) is 10.6. The molecule has 1 aliphatic heterocycles. The Kier molecular flexibility index (Phi) is 3.84. The molecule has 1 aliphatic rings. The third-order valence-electron chi connectivity index (χ3n) is 2.17. The van der Waals surface area contributed by atoms with Gasteiger partial charge in [-0.05, 0) is 19.4 Å². The highest BCUT2D eigenvalue weighted by Gasteiger charge is 2.18. The Morgan fingerprint density at radius 1 is 1.50 bits per heavy atom. The molecule has 14 heavy (non-hydrogen) atoms. The number of amides is 3. The number of urea groups is 1. The summed E-state index contributed by atoms with van der Waals surface area (Å²) in [6, 6.07) is -0.679. The second-order valence-corrected chi connectivity index (χ2v) is 3.55. The quantitative estimate of drug-likeness (QED) is 0.510. The Bertz CT molecular complexity index is 231. The molecule has 5 N–H and O–H groups in total. The molecular formula is C8H16N4O2. The first-order valence-electron chi connectivity index (χ1n) is 4.65. The maximum Gasteiger partial charge on any atom is 0.318 e. The number of likely N-dealkylation sites (tertiary alicyclic amines) is 1. The van der Waals surface area contributed by atoms with Crippen LogP contribution >= 0.6 is 0 Å². The number of hydrogen-bond donors (Lipinski definition) is 3. The molecule has 0 radical (unpaired) electrons. The van der Waals surface area contributed by atoms with Crippen molar-refractivity contribution in [3.05, 3.63) is 0 Å². The van der Waals surface area contributed by atoms with E-state index in [-0.39, 0.29) is 18.5 Å². The number of rotatable bonds is 2. The average Bonchev–Trinajstić information content (AvgIpc) is 2.01. The molecule has 0 aromatic carbocycles. The molecule has 1 heterocycles. The first-order chi connectivity index (χ1) is 6.58. The third kappa shape index (κ3) is 3.71. The maximum atomic E-state index is 11.1. The van der Waals surface area contributed by atoms with Gasteiger partial charge in [-0.15, -0.1) is 0 Å². The first kappa shape index (κ1) is 10.9. The topological polar surface area (TPSA) is 101 Å². The maximum absolute atomic E-state index is 11.1. The number of hydrogen-bond acceptors (Lipinski definition) is 4. The molecule has 0 aliphatic carbocycles. The number of nitrogens with two attached hydrogens (primary N) is 2. The molecule has 1 fully saturated rings. The summed E-state index contributed by atoms with van der Waals surface area (Å²) in [4.78, 5) is 23.4. The van der Waals surface area contributed by atoms with Crippen molar-refractivity contribution in [3.63, 3.8) is 0 Å². The lowest BCUT2D eigenvalue weighted by atomic mass is 10.1. The van der Waals surface area contributed by atoms with Crippen LogP contribution in [0.5, 0.6) is 0 Å². The minimum absolute atomic E-state index is 0.130. The van der Waals surface area contributed by atoms with Crippen molar-refractivity contribution in [1.82, 2.24) is 10.2 Å². The van der Waals surface area contributed by atoms with Gasteiger partial charge in [-0.3, -0.25) is 15.0 Å². The second-order valence-electron chi connectivity index (χ2n) is 3.55. The van der Waals surface area contributed by atoms with Crippen LogP contribution in [-0.4, -0.2) is 42.5 Å². The number of imide groups is 1. The molecule has 0 aromatic rings. The molecule has 6 nitrogen and oxygen atoms in total. The van der Waals surface area contributed by atoms with Gasteiger partial charge in [-0.2, -0.15) is 0 Å². The Labute approximate surface area is 82.6 Å². The third-order valence-corrected chi connectivity index (χ3v) is 2.17. The van der Waals surface area contributed by atoms with E-state index in [2.05, 4.69) is 0 Å². The van der Waals surface area contributed by atoms with Crippen LogP contribution in [0, 0.1) is 0 Å². The summed E-state index contributed by atoms with van der Waals surface area (Å²) in [6.45, 7) is 1.74. The zero-order valence-electron chi connectivity index (χ0n) is 8.03. The number of carbonyl (C=O) groups excluding carboxylic acids is 2. The van der Waals surface area contributed by atoms with Gasteiger partial charge in [0.25, 0.3) is 0 Å². The van der Waals surface area contributed by atoms with E-state index in [4.69, 9.17) is 11.5 Å². The average molecular weight is 200 g/mol. The second kappa shape index (κ2) is 4.92. The van der Waals surface area contributed by atoms with Gasteiger partial charge in [0, 0.05) is 12.6 Å². The molecule has 0 aromatic heterocycles. The lowest BCUT2D eigenvalue weighted by Gasteiger charge is -2.29. The van der Waals surface area contributed by atoms with Crippen molar-refractivity contribution in [2.75, 3.05) is 19.6 Å². The van der Waals surface area contributed by atoms with Crippen molar-refractivity contribution in [3.8, 4) is 0 Å². The predicted octanol–water partition coefficient (Wildman–Crippen LogP) is -1.40. The van der Waals surface area contributed by atoms with Crippen LogP contribution in [0.15, 0.2) is 0 Å². The van der Waals surface area contributed by atoms with Gasteiger partial charge in [0.05, 0.1) is 6.54 Å². The molecular weight excluding hydrogens is 184 g/mol. The fourth-order valence-electron chi connectivity index (χ4n) is 1.61. The predicted molar refractivity (Wildman–Crippen MR) is 51.4 cm³/mol. The van der Waals surface area contributed by atoms with Crippen molar-refractivity contribution >= 4 is 11.9 Å². The molecule has 6 heteroatoms. The Hall–Kier alpha value is -1.14. The standard InChI is InChI=1S/C8H16N4O2/c9-6-2-1-3-12(4-6)5-7(13)11-8(10)14/h6H,1-5,9H2,(H3,10,11,13,14)/t6-/m1/s1. The highest BCUT2D eigenvalue weighted by molar-refractivity contribution is 5.94. The Morgan fingerprint density at radius 2 is 2.21 bits per heavy atom. The van der Waals surface area contributed by atoms with Gasteiger partial charge in [0.15, 0.2) is 0 Å². The van der Waals surface area contributed by atoms with E-state index in [1.54, 1.807) is 0 Å². The monoisotopic (exact) mass is 200 g/mol. The van der Waals surface area contributed by atoms with Gasteiger partial charge < -0.3 is 11.5 Å². The Balaban J connectivity index is 2.28. The lowest BCUT2D eigenvalue weighted by molar-refractivity contribution is -0.121. The fourth-order valence-corrected chi connectivity index (χ4v) is 1.61. The van der Waals surface area contributed by atoms with Crippen LogP contribution in [0.25, 0.3) is 0 Å². The van der Waals surface area contributed by atoms with Gasteiger partial charge in [-0.1, -0.05) is 0 Å². The summed E-state index contributed by atoms with van der Waals surface area (Å²) in [5, 5.41) is 2.02. The van der Waals surface area contributed by atoms with E-state index in [0.717, 1.165) is 19.4 Å². The van der Waals surface area contributed by atoms with Crippen molar-refractivity contribution in [1.29, 1.82) is 0 Å². The minimum atomic E-state index is -0.809. The normalized spacial score (nSPS) is 23.1. The Morgan fingerprint density at radius 3 is 2.79 bits per heavy atom. The molecule has 1 saturated heterocycles. The first-order valence-corrected chi connectivity index (χ1v) is 4.65. The van der Waals surface area contributed by atoms with Crippen molar-refractivity contribution in [2.24, 2.45) is 11.5 Å². The van der Waals surface area contributed by atoms with Crippen LogP contribution in [0.2, 0.25) is 0 Å². The van der Waals surface area contributed by atoms with E-state index in [1.807, 2.05) is 10.2 Å². The molecule has 0 spiro atoms. The SMILES string of the molecule is NC(=O)NC(=O)CN1CCC[C@@H](N)C1. The molecule has 1 rings (SSSR count). The smallest absolute Gasteiger partial charge is 0.318 e. The summed E-state index contributed by atoms with van der Waals surface area (Å²) in [5.74, 6) is -0.369. The number of piperidine rings is 1. The van der Waals surface area contributed by atoms with E-state index in [0.29, 0.717) is 6.54 Å². The number of carbonyl (C=O) groups is 2. The van der Waals surface area contributed by atoms with Gasteiger partial charge >= 0.3 is 6.03 Å². The van der Waals surface area contributed by atoms with Crippen molar-refractivity contribution in [2.45, 2.75) is 18.9 Å². The van der Waals surface area contributed by atoms with Gasteiger partial charge in [-0.25, -0.2) is 4.79 Å². The van der Waals surface area contributed by atoms with Crippen LogP contribution < -0.4 is 16.8 Å². The summed E-state index contributed by atoms with van der Waals surface area (Å²) in [7, 11) is 0. The van der Waals surface area contributed by atoms with E-state index in [9.17, 15) is 9.59 Å². The minimum Gasteiger partial charge on any atom is -0.351 e. The van der Waals surface area contributed by atoms with Crippen LogP contribution in [0.3, 0.4) is 0 Å². The number of nitrogens with one attached hydrogen (secondary N) is 1. The fraction of sp³-hybridized carbons (Fsp3) is 0.750. The molecule has 80 valence electrons. The number of primary amides is 1. The van der Waals surface area contributed by atoms with E-state index in [1.165, 1.54) is 0 Å². The summed E-state index contributed by atoms with van der Waals surface area (Å²) >= 11 is 0. The largest absolute Gasteiger partial charge is 0.351 e. The zero-order valence-corrected chi connectivity index (χ0v) is 8.03. The van der Waals surface area contributed by atoms with Gasteiger partial charge in [0.1, 0.15) is 0 Å². The summed E-state index contributed by atoms with van der Waals surface area (Å²) < 4.78 is 0. The highest BCUT2D eigenvalue weighted by atomic mass is 16.2. The lowest BCUT2D eigenvalue weighted by Crippen LogP contribution is -2.48. The van der Waals surface area contributed by atoms with E-state index < -0.39 is 6.03 Å². The van der Waals surface area contributed by atoms with Gasteiger partial charge in [0.2, 0.25) is 5.91 Å². The molecule has 0 bridgehead atoms. The van der Waals surface area contributed by atoms with Crippen LogP contribution in [-0.2, 0) is 4.79 Å². The molecule has 3 amide bonds. The molecule has 1 atom stereocenters. The molecule has 0 saturated carbocycles. The van der Waals surface area contributed by atoms with Crippen LogP contribution in [0.1, 0.15) is 12.8 Å². The molecule has 0 unspecified atom stereocenters. The summed E-state index contributed by atoms with van der Waals surface area (Å²) in [6.07, 6.45) is 1.99. The van der Waals surface area contributed by atoms with Crippen molar-refractivity contribution < 1.29 is 9.59 Å². The van der Waals surface area contributed by atoms with Crippen LogP contribution in [0.4, 0.5) is 4.79 Å².